The Morgan fingerprint density at radius 2 is 1.83 bits per heavy atom. The van der Waals surface area contributed by atoms with Crippen LogP contribution < -0.4 is 14.8 Å². The molecule has 0 fully saturated rings. The molecule has 2 amide bonds. The van der Waals surface area contributed by atoms with Gasteiger partial charge in [0, 0.05) is 12.7 Å². The second-order valence-corrected chi connectivity index (χ2v) is 6.83. The highest BCUT2D eigenvalue weighted by Crippen LogP contribution is 2.41. The van der Waals surface area contributed by atoms with Crippen molar-refractivity contribution in [2.45, 2.75) is 12.5 Å². The van der Waals surface area contributed by atoms with Gasteiger partial charge < -0.3 is 19.7 Å². The summed E-state index contributed by atoms with van der Waals surface area (Å²) < 4.78 is 11.0. The Hall–Kier alpha value is -3.54. The fourth-order valence-corrected chi connectivity index (χ4v) is 3.79. The van der Waals surface area contributed by atoms with E-state index in [4.69, 9.17) is 9.47 Å². The van der Waals surface area contributed by atoms with E-state index >= 15 is 0 Å². The predicted molar refractivity (Wildman–Crippen MR) is 111 cm³/mol. The van der Waals surface area contributed by atoms with Crippen molar-refractivity contribution < 1.29 is 14.3 Å². The van der Waals surface area contributed by atoms with Crippen LogP contribution in [0, 0.1) is 0 Å². The van der Waals surface area contributed by atoms with Gasteiger partial charge in [-0.2, -0.15) is 0 Å². The summed E-state index contributed by atoms with van der Waals surface area (Å²) in [6.07, 6.45) is 4.06. The van der Waals surface area contributed by atoms with Crippen molar-refractivity contribution in [1.29, 1.82) is 0 Å². The number of hydrogen-bond acceptors (Lipinski definition) is 4. The first-order chi connectivity index (χ1) is 14.2. The van der Waals surface area contributed by atoms with Gasteiger partial charge in [-0.3, -0.25) is 4.98 Å². The van der Waals surface area contributed by atoms with E-state index in [0.29, 0.717) is 23.7 Å². The highest BCUT2D eigenvalue weighted by Gasteiger charge is 2.33. The van der Waals surface area contributed by atoms with Crippen molar-refractivity contribution >= 4 is 11.7 Å². The molecule has 1 atom stereocenters. The number of urea groups is 1. The van der Waals surface area contributed by atoms with Crippen LogP contribution in [0.5, 0.6) is 11.5 Å². The van der Waals surface area contributed by atoms with Crippen molar-refractivity contribution in [1.82, 2.24) is 9.88 Å². The highest BCUT2D eigenvalue weighted by atomic mass is 16.5. The first-order valence-corrected chi connectivity index (χ1v) is 9.48. The molecule has 29 heavy (non-hydrogen) atoms. The molecule has 2 aromatic carbocycles. The van der Waals surface area contributed by atoms with Gasteiger partial charge in [-0.25, -0.2) is 4.79 Å². The number of aromatic nitrogens is 1. The molecule has 0 bridgehead atoms. The van der Waals surface area contributed by atoms with Gasteiger partial charge in [0.25, 0.3) is 0 Å². The van der Waals surface area contributed by atoms with Gasteiger partial charge >= 0.3 is 6.03 Å². The van der Waals surface area contributed by atoms with Gasteiger partial charge in [0.15, 0.2) is 11.5 Å². The maximum atomic E-state index is 13.2. The number of rotatable bonds is 4. The number of hydrogen-bond donors (Lipinski definition) is 1. The normalized spacial score (nSPS) is 15.4. The average Bonchev–Trinajstić information content (AvgIpc) is 2.78. The van der Waals surface area contributed by atoms with E-state index in [2.05, 4.69) is 10.3 Å². The van der Waals surface area contributed by atoms with Crippen LogP contribution in [-0.2, 0) is 6.42 Å². The molecule has 6 nitrogen and oxygen atoms in total. The number of nitrogens with zero attached hydrogens (tertiary/aromatic N) is 2. The molecule has 6 heteroatoms. The number of nitrogens with one attached hydrogen (secondary N) is 1. The molecular weight excluding hydrogens is 366 g/mol. The lowest BCUT2D eigenvalue weighted by atomic mass is 9.88. The molecule has 0 saturated carbocycles. The molecule has 0 saturated heterocycles. The fraction of sp³-hybridized carbons (Fsp3) is 0.217. The van der Waals surface area contributed by atoms with E-state index in [-0.39, 0.29) is 12.1 Å². The van der Waals surface area contributed by atoms with E-state index in [9.17, 15) is 4.79 Å². The smallest absolute Gasteiger partial charge is 0.322 e. The molecule has 1 N–H and O–H groups in total. The van der Waals surface area contributed by atoms with Crippen LogP contribution in [0.25, 0.3) is 0 Å². The van der Waals surface area contributed by atoms with Crippen molar-refractivity contribution in [2.24, 2.45) is 0 Å². The minimum atomic E-state index is -0.226. The molecule has 1 aromatic heterocycles. The second-order valence-electron chi connectivity index (χ2n) is 6.83. The van der Waals surface area contributed by atoms with E-state index in [0.717, 1.165) is 23.1 Å². The summed E-state index contributed by atoms with van der Waals surface area (Å²) in [6, 6.07) is 17.3. The van der Waals surface area contributed by atoms with E-state index in [1.807, 2.05) is 53.4 Å². The quantitative estimate of drug-likeness (QED) is 0.723. The Morgan fingerprint density at radius 1 is 1.07 bits per heavy atom. The molecule has 0 spiro atoms. The van der Waals surface area contributed by atoms with Gasteiger partial charge in [0.05, 0.1) is 32.1 Å². The molecule has 4 rings (SSSR count). The molecule has 1 aliphatic rings. The van der Waals surface area contributed by atoms with Crippen molar-refractivity contribution in [3.8, 4) is 11.5 Å². The van der Waals surface area contributed by atoms with Crippen LogP contribution >= 0.6 is 0 Å². The SMILES string of the molecule is COc1cc2c(cc1OC)C(c1ccccc1)N(C(=O)Nc1cccnc1)CC2. The zero-order chi connectivity index (χ0) is 20.2. The van der Waals surface area contributed by atoms with E-state index in [1.165, 1.54) is 0 Å². The summed E-state index contributed by atoms with van der Waals surface area (Å²) in [7, 11) is 3.26. The zero-order valence-corrected chi connectivity index (χ0v) is 16.5. The molecule has 0 aliphatic carbocycles. The topological polar surface area (TPSA) is 63.7 Å². The molecule has 1 unspecified atom stereocenters. The van der Waals surface area contributed by atoms with Crippen LogP contribution in [-0.4, -0.2) is 36.7 Å². The lowest BCUT2D eigenvalue weighted by Gasteiger charge is -2.38. The second kappa shape index (κ2) is 8.22. The molecule has 2 heterocycles. The number of benzene rings is 2. The molecule has 1 aliphatic heterocycles. The number of ether oxygens (including phenoxy) is 2. The van der Waals surface area contributed by atoms with Crippen LogP contribution in [0.2, 0.25) is 0 Å². The van der Waals surface area contributed by atoms with Crippen LogP contribution in [0.4, 0.5) is 10.5 Å². The Labute approximate surface area is 170 Å². The van der Waals surface area contributed by atoms with Gasteiger partial charge in [0.1, 0.15) is 0 Å². The van der Waals surface area contributed by atoms with E-state index in [1.54, 1.807) is 32.7 Å². The number of anilines is 1. The van der Waals surface area contributed by atoms with Crippen LogP contribution in [0.3, 0.4) is 0 Å². The Bertz CT molecular complexity index is 993. The number of fused-ring (bicyclic) bond motifs is 1. The van der Waals surface area contributed by atoms with Crippen LogP contribution in [0.1, 0.15) is 22.7 Å². The number of carbonyl (C=O) groups is 1. The molecular formula is C23H23N3O3. The first kappa shape index (κ1) is 18.8. The Kier molecular flexibility index (Phi) is 5.33. The number of amides is 2. The third-order valence-electron chi connectivity index (χ3n) is 5.16. The van der Waals surface area contributed by atoms with Crippen LogP contribution in [0.15, 0.2) is 67.0 Å². The number of pyridine rings is 1. The summed E-state index contributed by atoms with van der Waals surface area (Å²) >= 11 is 0. The minimum Gasteiger partial charge on any atom is -0.493 e. The Morgan fingerprint density at radius 3 is 2.52 bits per heavy atom. The average molecular weight is 389 g/mol. The summed E-state index contributed by atoms with van der Waals surface area (Å²) in [5.41, 5.74) is 3.91. The third kappa shape index (κ3) is 3.74. The maximum Gasteiger partial charge on any atom is 0.322 e. The number of methoxy groups -OCH3 is 2. The first-order valence-electron chi connectivity index (χ1n) is 9.48. The van der Waals surface area contributed by atoms with Gasteiger partial charge in [-0.1, -0.05) is 30.3 Å². The summed E-state index contributed by atoms with van der Waals surface area (Å²) in [4.78, 5) is 19.1. The summed E-state index contributed by atoms with van der Waals surface area (Å²) in [5, 5.41) is 2.96. The molecule has 3 aromatic rings. The fourth-order valence-electron chi connectivity index (χ4n) is 3.79. The molecule has 0 radical (unpaired) electrons. The zero-order valence-electron chi connectivity index (χ0n) is 16.5. The number of carbonyl (C=O) groups excluding carboxylic acids is 1. The van der Waals surface area contributed by atoms with Crippen molar-refractivity contribution in [3.05, 3.63) is 83.7 Å². The largest absolute Gasteiger partial charge is 0.493 e. The standard InChI is InChI=1S/C23H23N3O3/c1-28-20-13-17-10-12-26(23(27)25-18-9-6-11-24-15-18)22(16-7-4-3-5-8-16)19(17)14-21(20)29-2/h3-9,11,13-15,22H,10,12H2,1-2H3,(H,25,27). The highest BCUT2D eigenvalue weighted by molar-refractivity contribution is 5.90. The maximum absolute atomic E-state index is 13.2. The lowest BCUT2D eigenvalue weighted by Crippen LogP contribution is -2.43. The van der Waals surface area contributed by atoms with Gasteiger partial charge in [-0.15, -0.1) is 0 Å². The minimum absolute atomic E-state index is 0.160. The lowest BCUT2D eigenvalue weighted by molar-refractivity contribution is 0.193. The van der Waals surface area contributed by atoms with E-state index < -0.39 is 0 Å². The van der Waals surface area contributed by atoms with Gasteiger partial charge in [-0.05, 0) is 47.4 Å². The predicted octanol–water partition coefficient (Wildman–Crippen LogP) is 4.28. The summed E-state index contributed by atoms with van der Waals surface area (Å²) in [5.74, 6) is 1.35. The Balaban J connectivity index is 1.76. The summed E-state index contributed by atoms with van der Waals surface area (Å²) in [6.45, 7) is 0.591. The molecule has 148 valence electrons. The monoisotopic (exact) mass is 389 g/mol. The third-order valence-corrected chi connectivity index (χ3v) is 5.16. The van der Waals surface area contributed by atoms with Gasteiger partial charge in [0.2, 0.25) is 0 Å². The van der Waals surface area contributed by atoms with Crippen molar-refractivity contribution in [2.75, 3.05) is 26.1 Å². The van der Waals surface area contributed by atoms with Crippen molar-refractivity contribution in [3.63, 3.8) is 0 Å².